The van der Waals surface area contributed by atoms with E-state index < -0.39 is 0 Å². The maximum Gasteiger partial charge on any atom is 0.194 e. The van der Waals surface area contributed by atoms with E-state index in [-0.39, 0.29) is 0 Å². The highest BCUT2D eigenvalue weighted by atomic mass is 35.5. The minimum absolute atomic E-state index is 0.686. The largest absolute Gasteiger partial charge is 0.357 e. The minimum Gasteiger partial charge on any atom is -0.357 e. The molecule has 1 saturated heterocycles. The second kappa shape index (κ2) is 9.56. The Kier molecular flexibility index (Phi) is 6.63. The van der Waals surface area contributed by atoms with Gasteiger partial charge in [0.15, 0.2) is 11.6 Å². The third kappa shape index (κ3) is 5.07. The number of aliphatic imine (C=N–C) groups is 1. The highest BCUT2D eigenvalue weighted by Gasteiger charge is 2.20. The number of pyridine rings is 1. The molecule has 0 unspecified atom stereocenters. The highest BCUT2D eigenvalue weighted by Crippen LogP contribution is 2.23. The van der Waals surface area contributed by atoms with Crippen LogP contribution in [0.4, 0.5) is 0 Å². The molecule has 0 bridgehead atoms. The van der Waals surface area contributed by atoms with Crippen molar-refractivity contribution >= 4 is 34.5 Å². The average Bonchev–Trinajstić information content (AvgIpc) is 3.34. The van der Waals surface area contributed by atoms with E-state index in [4.69, 9.17) is 16.6 Å². The lowest BCUT2D eigenvalue weighted by molar-refractivity contribution is 0.173. The van der Waals surface area contributed by atoms with Crippen molar-refractivity contribution in [2.45, 2.75) is 19.9 Å². The quantitative estimate of drug-likeness (QED) is 0.480. The van der Waals surface area contributed by atoms with E-state index in [2.05, 4.69) is 38.3 Å². The SMILES string of the molecule is CCNC(=NCCc1nnc2ccccn12)N1CCN(Cc2ccc(Cl)s2)CC1. The Morgan fingerprint density at radius 1 is 1.17 bits per heavy atom. The van der Waals surface area contributed by atoms with Gasteiger partial charge in [-0.2, -0.15) is 0 Å². The van der Waals surface area contributed by atoms with E-state index in [0.29, 0.717) is 6.54 Å². The molecule has 9 heteroatoms. The molecule has 0 atom stereocenters. The van der Waals surface area contributed by atoms with Crippen molar-refractivity contribution in [1.82, 2.24) is 29.7 Å². The Morgan fingerprint density at radius 2 is 2.03 bits per heavy atom. The van der Waals surface area contributed by atoms with Gasteiger partial charge in [-0.15, -0.1) is 21.5 Å². The van der Waals surface area contributed by atoms with Crippen molar-refractivity contribution in [1.29, 1.82) is 0 Å². The average molecular weight is 432 g/mol. The molecular weight excluding hydrogens is 406 g/mol. The normalized spacial score (nSPS) is 15.9. The Balaban J connectivity index is 1.32. The van der Waals surface area contributed by atoms with Gasteiger partial charge in [0.1, 0.15) is 5.82 Å². The highest BCUT2D eigenvalue weighted by molar-refractivity contribution is 7.16. The molecule has 0 saturated carbocycles. The summed E-state index contributed by atoms with van der Waals surface area (Å²) in [7, 11) is 0. The molecule has 1 N–H and O–H groups in total. The molecule has 0 aliphatic carbocycles. The number of nitrogens with one attached hydrogen (secondary N) is 1. The summed E-state index contributed by atoms with van der Waals surface area (Å²) in [6.07, 6.45) is 2.76. The van der Waals surface area contributed by atoms with Gasteiger partial charge in [-0.25, -0.2) is 0 Å². The fourth-order valence-corrected chi connectivity index (χ4v) is 4.65. The maximum absolute atomic E-state index is 6.05. The van der Waals surface area contributed by atoms with Crippen LogP contribution in [0.3, 0.4) is 0 Å². The summed E-state index contributed by atoms with van der Waals surface area (Å²) in [6.45, 7) is 8.62. The number of aromatic nitrogens is 3. The van der Waals surface area contributed by atoms with Crippen molar-refractivity contribution in [3.05, 3.63) is 51.6 Å². The number of fused-ring (bicyclic) bond motifs is 1. The summed E-state index contributed by atoms with van der Waals surface area (Å²) >= 11 is 7.72. The lowest BCUT2D eigenvalue weighted by atomic mass is 10.3. The van der Waals surface area contributed by atoms with Gasteiger partial charge in [-0.3, -0.25) is 14.3 Å². The Hall–Kier alpha value is -2.16. The van der Waals surface area contributed by atoms with E-state index in [1.165, 1.54) is 4.88 Å². The van der Waals surface area contributed by atoms with E-state index in [9.17, 15) is 0 Å². The van der Waals surface area contributed by atoms with Gasteiger partial charge in [0.2, 0.25) is 0 Å². The number of nitrogens with zero attached hydrogens (tertiary/aromatic N) is 6. The predicted molar refractivity (Wildman–Crippen MR) is 119 cm³/mol. The second-order valence-corrected chi connectivity index (χ2v) is 8.80. The first-order valence-electron chi connectivity index (χ1n) is 10.0. The monoisotopic (exact) mass is 431 g/mol. The first kappa shape index (κ1) is 20.1. The lowest BCUT2D eigenvalue weighted by Crippen LogP contribution is -2.52. The summed E-state index contributed by atoms with van der Waals surface area (Å²) in [6, 6.07) is 10.0. The van der Waals surface area contributed by atoms with Crippen LogP contribution in [0.15, 0.2) is 41.5 Å². The van der Waals surface area contributed by atoms with Crippen molar-refractivity contribution in [3.8, 4) is 0 Å². The van der Waals surface area contributed by atoms with Crippen LogP contribution < -0.4 is 5.32 Å². The number of rotatable bonds is 6. The predicted octanol–water partition coefficient (Wildman–Crippen LogP) is 2.77. The van der Waals surface area contributed by atoms with E-state index in [1.807, 2.05) is 34.9 Å². The molecule has 29 heavy (non-hydrogen) atoms. The number of hydrogen-bond acceptors (Lipinski definition) is 5. The standard InChI is InChI=1S/C20H26ClN7S/c1-2-22-20(23-9-8-19-25-24-18-5-3-4-10-28(18)19)27-13-11-26(12-14-27)15-16-6-7-17(21)29-16/h3-7,10H,2,8-9,11-15H2,1H3,(H,22,23). The number of hydrogen-bond donors (Lipinski definition) is 1. The summed E-state index contributed by atoms with van der Waals surface area (Å²) in [4.78, 5) is 11.0. The van der Waals surface area contributed by atoms with Crippen LogP contribution in [0.1, 0.15) is 17.6 Å². The van der Waals surface area contributed by atoms with Gasteiger partial charge in [0, 0.05) is 63.3 Å². The first-order valence-corrected chi connectivity index (χ1v) is 11.2. The fraction of sp³-hybridized carbons (Fsp3) is 0.450. The molecular formula is C20H26ClN7S. The molecule has 4 heterocycles. The van der Waals surface area contributed by atoms with E-state index >= 15 is 0 Å². The van der Waals surface area contributed by atoms with Crippen molar-refractivity contribution in [3.63, 3.8) is 0 Å². The lowest BCUT2D eigenvalue weighted by Gasteiger charge is -2.36. The van der Waals surface area contributed by atoms with Crippen LogP contribution in [-0.4, -0.2) is 69.6 Å². The van der Waals surface area contributed by atoms with Gasteiger partial charge in [-0.1, -0.05) is 17.7 Å². The van der Waals surface area contributed by atoms with E-state index in [1.54, 1.807) is 11.3 Å². The Morgan fingerprint density at radius 3 is 2.79 bits per heavy atom. The number of piperazine rings is 1. The van der Waals surface area contributed by atoms with Crippen molar-refractivity contribution in [2.24, 2.45) is 4.99 Å². The molecule has 3 aromatic rings. The van der Waals surface area contributed by atoms with Crippen LogP contribution >= 0.6 is 22.9 Å². The summed E-state index contributed by atoms with van der Waals surface area (Å²) in [5.74, 6) is 1.93. The van der Waals surface area contributed by atoms with Crippen molar-refractivity contribution in [2.75, 3.05) is 39.3 Å². The molecule has 0 spiro atoms. The number of thiophene rings is 1. The molecule has 7 nitrogen and oxygen atoms in total. The van der Waals surface area contributed by atoms with Crippen LogP contribution in [0.5, 0.6) is 0 Å². The molecule has 1 aliphatic rings. The number of guanidine groups is 1. The van der Waals surface area contributed by atoms with Gasteiger partial charge >= 0.3 is 0 Å². The fourth-order valence-electron chi connectivity index (χ4n) is 3.52. The molecule has 154 valence electrons. The number of halogens is 1. The third-order valence-electron chi connectivity index (χ3n) is 5.00. The van der Waals surface area contributed by atoms with Crippen LogP contribution in [0.25, 0.3) is 5.65 Å². The Labute approximate surface area is 180 Å². The summed E-state index contributed by atoms with van der Waals surface area (Å²) < 4.78 is 2.89. The second-order valence-electron chi connectivity index (χ2n) is 7.00. The molecule has 0 aromatic carbocycles. The van der Waals surface area contributed by atoms with Gasteiger partial charge < -0.3 is 10.2 Å². The summed E-state index contributed by atoms with van der Waals surface area (Å²) in [5, 5.41) is 11.9. The third-order valence-corrected chi connectivity index (χ3v) is 6.21. The van der Waals surface area contributed by atoms with Gasteiger partial charge in [0.25, 0.3) is 0 Å². The molecule has 1 aliphatic heterocycles. The topological polar surface area (TPSA) is 61.1 Å². The van der Waals surface area contributed by atoms with E-state index in [0.717, 1.165) is 67.5 Å². The zero-order valence-electron chi connectivity index (χ0n) is 16.6. The molecule has 1 fully saturated rings. The molecule has 0 radical (unpaired) electrons. The molecule has 0 amide bonds. The van der Waals surface area contributed by atoms with Crippen LogP contribution in [-0.2, 0) is 13.0 Å². The maximum atomic E-state index is 6.05. The molecule has 4 rings (SSSR count). The summed E-state index contributed by atoms with van der Waals surface area (Å²) in [5.41, 5.74) is 0.876. The zero-order chi connectivity index (χ0) is 20.1. The zero-order valence-corrected chi connectivity index (χ0v) is 18.2. The smallest absolute Gasteiger partial charge is 0.194 e. The van der Waals surface area contributed by atoms with Gasteiger partial charge in [-0.05, 0) is 31.2 Å². The first-order chi connectivity index (χ1) is 14.2. The van der Waals surface area contributed by atoms with Gasteiger partial charge in [0.05, 0.1) is 4.34 Å². The van der Waals surface area contributed by atoms with Crippen LogP contribution in [0.2, 0.25) is 4.34 Å². The van der Waals surface area contributed by atoms with Crippen molar-refractivity contribution < 1.29 is 0 Å². The molecule has 3 aromatic heterocycles. The Bertz CT molecular complexity index is 959. The van der Waals surface area contributed by atoms with Crippen LogP contribution in [0, 0.1) is 0 Å². The minimum atomic E-state index is 0.686.